The minimum absolute atomic E-state index is 0.0178. The van der Waals surface area contributed by atoms with E-state index in [2.05, 4.69) is 27.6 Å². The highest BCUT2D eigenvalue weighted by molar-refractivity contribution is 5.87. The van der Waals surface area contributed by atoms with Crippen molar-refractivity contribution in [2.75, 3.05) is 25.0 Å². The van der Waals surface area contributed by atoms with Gasteiger partial charge in [-0.15, -0.1) is 0 Å². The number of hydrogen-bond donors (Lipinski definition) is 3. The molecular formula is C22H25N5O3. The lowest BCUT2D eigenvalue weighted by molar-refractivity contribution is 0.0697. The summed E-state index contributed by atoms with van der Waals surface area (Å²) in [5.74, 6) is -0.0365. The Morgan fingerprint density at radius 2 is 2.13 bits per heavy atom. The van der Waals surface area contributed by atoms with Crippen LogP contribution in [-0.4, -0.2) is 51.6 Å². The van der Waals surface area contributed by atoms with E-state index < -0.39 is 5.97 Å². The number of rotatable bonds is 7. The summed E-state index contributed by atoms with van der Waals surface area (Å²) < 4.78 is 7.80. The molecule has 1 aliphatic rings. The number of pyridine rings is 1. The topological polar surface area (TPSA) is 101 Å². The fourth-order valence-electron chi connectivity index (χ4n) is 3.47. The second-order valence-electron chi connectivity index (χ2n) is 7.59. The Kier molecular flexibility index (Phi) is 5.67. The van der Waals surface area contributed by atoms with Crippen molar-refractivity contribution in [1.29, 1.82) is 0 Å². The van der Waals surface area contributed by atoms with Crippen molar-refractivity contribution in [2.24, 2.45) is 7.05 Å². The van der Waals surface area contributed by atoms with Crippen molar-refractivity contribution < 1.29 is 14.6 Å². The number of carboxylic acids is 1. The first-order chi connectivity index (χ1) is 14.5. The fraction of sp³-hybridized carbons (Fsp3) is 0.318. The lowest BCUT2D eigenvalue weighted by Crippen LogP contribution is -2.40. The van der Waals surface area contributed by atoms with Gasteiger partial charge < -0.3 is 20.5 Å². The largest absolute Gasteiger partial charge is 0.478 e. The Labute approximate surface area is 174 Å². The summed E-state index contributed by atoms with van der Waals surface area (Å²) in [6.45, 7) is 4.27. The van der Waals surface area contributed by atoms with Gasteiger partial charge in [-0.25, -0.2) is 9.78 Å². The molecule has 1 aliphatic heterocycles. The zero-order chi connectivity index (χ0) is 21.1. The van der Waals surface area contributed by atoms with Crippen LogP contribution in [0.25, 0.3) is 11.1 Å². The van der Waals surface area contributed by atoms with Crippen LogP contribution < -0.4 is 15.4 Å². The van der Waals surface area contributed by atoms with Crippen LogP contribution in [0.4, 0.5) is 5.69 Å². The number of aryl methyl sites for hydroxylation is 1. The van der Waals surface area contributed by atoms with Gasteiger partial charge in [0.15, 0.2) is 0 Å². The molecule has 156 valence electrons. The van der Waals surface area contributed by atoms with E-state index in [1.54, 1.807) is 23.0 Å². The minimum atomic E-state index is -0.907. The molecule has 0 saturated heterocycles. The van der Waals surface area contributed by atoms with Crippen LogP contribution in [0.5, 0.6) is 5.88 Å². The maximum atomic E-state index is 11.0. The molecule has 0 aliphatic carbocycles. The van der Waals surface area contributed by atoms with Crippen LogP contribution in [0, 0.1) is 0 Å². The lowest BCUT2D eigenvalue weighted by atomic mass is 10.00. The monoisotopic (exact) mass is 407 g/mol. The molecule has 1 aromatic carbocycles. The third-order valence-electron chi connectivity index (χ3n) is 5.24. The predicted molar refractivity (Wildman–Crippen MR) is 114 cm³/mol. The summed E-state index contributed by atoms with van der Waals surface area (Å²) in [7, 11) is 1.89. The number of carboxylic acid groups (broad SMARTS) is 1. The summed E-state index contributed by atoms with van der Waals surface area (Å²) in [6.07, 6.45) is 5.55. The maximum absolute atomic E-state index is 11.0. The third kappa shape index (κ3) is 4.44. The van der Waals surface area contributed by atoms with Crippen molar-refractivity contribution in [2.45, 2.75) is 18.9 Å². The van der Waals surface area contributed by atoms with Gasteiger partial charge in [0, 0.05) is 43.7 Å². The van der Waals surface area contributed by atoms with E-state index in [4.69, 9.17) is 9.84 Å². The molecule has 0 fully saturated rings. The van der Waals surface area contributed by atoms with E-state index in [-0.39, 0.29) is 12.0 Å². The van der Waals surface area contributed by atoms with Crippen molar-refractivity contribution in [3.8, 4) is 17.0 Å². The Balaban J connectivity index is 1.29. The maximum Gasteiger partial charge on any atom is 0.335 e. The molecule has 0 spiro atoms. The van der Waals surface area contributed by atoms with Gasteiger partial charge >= 0.3 is 5.97 Å². The van der Waals surface area contributed by atoms with Gasteiger partial charge in [0.25, 0.3) is 0 Å². The third-order valence-corrected chi connectivity index (χ3v) is 5.24. The Morgan fingerprint density at radius 3 is 2.83 bits per heavy atom. The number of nitrogens with one attached hydrogen (secondary N) is 2. The molecule has 0 saturated carbocycles. The SMILES string of the molecule is CC(CNCC1CNc2cc(-c3cnn(C)c3)cnc2O1)c1ccc(C(=O)O)cc1. The van der Waals surface area contributed by atoms with Crippen LogP contribution in [0.2, 0.25) is 0 Å². The Bertz CT molecular complexity index is 1030. The Hall–Kier alpha value is -3.39. The summed E-state index contributed by atoms with van der Waals surface area (Å²) in [5, 5.41) is 20.1. The molecule has 8 heteroatoms. The standard InChI is InChI=1S/C22H25N5O3/c1-14(15-3-5-16(6-4-15)22(28)29)8-23-11-19-12-24-20-7-17(9-25-21(20)30-19)18-10-26-27(2)13-18/h3-7,9-10,13-14,19,23-24H,8,11-12H2,1-2H3,(H,28,29). The van der Waals surface area contributed by atoms with Gasteiger partial charge in [0.2, 0.25) is 5.88 Å². The molecule has 4 rings (SSSR count). The number of aromatic nitrogens is 3. The fourth-order valence-corrected chi connectivity index (χ4v) is 3.47. The van der Waals surface area contributed by atoms with Gasteiger partial charge in [-0.05, 0) is 29.7 Å². The molecule has 8 nitrogen and oxygen atoms in total. The van der Waals surface area contributed by atoms with Crippen LogP contribution in [0.3, 0.4) is 0 Å². The minimum Gasteiger partial charge on any atom is -0.478 e. The van der Waals surface area contributed by atoms with Gasteiger partial charge in [-0.2, -0.15) is 5.10 Å². The molecule has 2 aromatic heterocycles. The quantitative estimate of drug-likeness (QED) is 0.554. The number of benzene rings is 1. The summed E-state index contributed by atoms with van der Waals surface area (Å²) >= 11 is 0. The first-order valence-corrected chi connectivity index (χ1v) is 9.93. The number of ether oxygens (including phenoxy) is 1. The zero-order valence-electron chi connectivity index (χ0n) is 17.0. The van der Waals surface area contributed by atoms with Crippen LogP contribution >= 0.6 is 0 Å². The molecule has 3 N–H and O–H groups in total. The van der Waals surface area contributed by atoms with Crippen molar-refractivity contribution in [3.05, 3.63) is 60.0 Å². The number of anilines is 1. The molecule has 0 bridgehead atoms. The average molecular weight is 407 g/mol. The number of carbonyl (C=O) groups is 1. The number of hydrogen-bond acceptors (Lipinski definition) is 6. The van der Waals surface area contributed by atoms with E-state index in [0.717, 1.165) is 28.9 Å². The predicted octanol–water partition coefficient (Wildman–Crippen LogP) is 2.75. The van der Waals surface area contributed by atoms with Crippen molar-refractivity contribution >= 4 is 11.7 Å². The average Bonchev–Trinajstić information content (AvgIpc) is 3.19. The molecule has 2 atom stereocenters. The van der Waals surface area contributed by atoms with Crippen molar-refractivity contribution in [1.82, 2.24) is 20.1 Å². The van der Waals surface area contributed by atoms with Gasteiger partial charge in [-0.1, -0.05) is 19.1 Å². The molecule has 3 aromatic rings. The normalized spacial score (nSPS) is 16.3. The van der Waals surface area contributed by atoms with Crippen molar-refractivity contribution in [3.63, 3.8) is 0 Å². The highest BCUT2D eigenvalue weighted by atomic mass is 16.5. The molecule has 30 heavy (non-hydrogen) atoms. The van der Waals surface area contributed by atoms with Gasteiger partial charge in [0.05, 0.1) is 24.0 Å². The molecule has 0 radical (unpaired) electrons. The van der Waals surface area contributed by atoms with E-state index in [9.17, 15) is 4.79 Å². The zero-order valence-corrected chi connectivity index (χ0v) is 17.0. The Morgan fingerprint density at radius 1 is 1.33 bits per heavy atom. The second-order valence-corrected chi connectivity index (χ2v) is 7.59. The van der Waals surface area contributed by atoms with E-state index >= 15 is 0 Å². The summed E-state index contributed by atoms with van der Waals surface area (Å²) in [6, 6.07) is 9.06. The smallest absolute Gasteiger partial charge is 0.335 e. The second kappa shape index (κ2) is 8.54. The summed E-state index contributed by atoms with van der Waals surface area (Å²) in [4.78, 5) is 15.4. The lowest BCUT2D eigenvalue weighted by Gasteiger charge is -2.27. The highest BCUT2D eigenvalue weighted by Crippen LogP contribution is 2.31. The van der Waals surface area contributed by atoms with Crippen LogP contribution in [0.1, 0.15) is 28.8 Å². The van der Waals surface area contributed by atoms with Crippen LogP contribution in [-0.2, 0) is 7.05 Å². The van der Waals surface area contributed by atoms with E-state index in [1.165, 1.54) is 0 Å². The number of aromatic carboxylic acids is 1. The molecule has 0 amide bonds. The van der Waals surface area contributed by atoms with E-state index in [1.807, 2.05) is 37.6 Å². The molecule has 3 heterocycles. The first kappa shape index (κ1) is 19.9. The summed E-state index contributed by atoms with van der Waals surface area (Å²) in [5.41, 5.74) is 4.31. The van der Waals surface area contributed by atoms with Gasteiger partial charge in [0.1, 0.15) is 6.10 Å². The highest BCUT2D eigenvalue weighted by Gasteiger charge is 2.21. The number of fused-ring (bicyclic) bond motifs is 1. The molecular weight excluding hydrogens is 382 g/mol. The number of nitrogens with zero attached hydrogens (tertiary/aromatic N) is 3. The van der Waals surface area contributed by atoms with Gasteiger partial charge in [-0.3, -0.25) is 4.68 Å². The first-order valence-electron chi connectivity index (χ1n) is 9.93. The van der Waals surface area contributed by atoms with Crippen LogP contribution in [0.15, 0.2) is 48.9 Å². The molecule has 2 unspecified atom stereocenters. The van der Waals surface area contributed by atoms with E-state index in [0.29, 0.717) is 24.5 Å².